The molecule has 2 aromatic heterocycles. The molecular formula is C35H37N5O4. The van der Waals surface area contributed by atoms with E-state index in [0.29, 0.717) is 54.7 Å². The molecule has 9 nitrogen and oxygen atoms in total. The highest BCUT2D eigenvalue weighted by atomic mass is 16.5. The summed E-state index contributed by atoms with van der Waals surface area (Å²) in [6, 6.07) is 27.6. The lowest BCUT2D eigenvalue weighted by molar-refractivity contribution is 0.107. The number of carbonyl (C=O) groups is 1. The van der Waals surface area contributed by atoms with Crippen molar-refractivity contribution in [1.82, 2.24) is 9.55 Å². The second-order valence-electron chi connectivity index (χ2n) is 10.4. The number of benzene rings is 3. The van der Waals surface area contributed by atoms with Gasteiger partial charge in [-0.05, 0) is 66.1 Å². The van der Waals surface area contributed by atoms with Crippen LogP contribution in [0.15, 0.2) is 102 Å². The number of hydrogen-bond acceptors (Lipinski definition) is 6. The molecule has 0 atom stereocenters. The van der Waals surface area contributed by atoms with Crippen molar-refractivity contribution in [1.29, 1.82) is 0 Å². The minimum Gasteiger partial charge on any atom is -0.493 e. The van der Waals surface area contributed by atoms with E-state index in [0.717, 1.165) is 35.8 Å². The van der Waals surface area contributed by atoms with Crippen LogP contribution in [0.5, 0.6) is 5.75 Å². The molecule has 0 bridgehead atoms. The molecule has 0 aliphatic rings. The van der Waals surface area contributed by atoms with Crippen molar-refractivity contribution in [3.8, 4) is 16.9 Å². The Morgan fingerprint density at radius 2 is 1.73 bits per heavy atom. The van der Waals surface area contributed by atoms with Gasteiger partial charge < -0.3 is 25.8 Å². The Hall–Kier alpha value is -5.15. The van der Waals surface area contributed by atoms with Gasteiger partial charge in [0, 0.05) is 41.5 Å². The van der Waals surface area contributed by atoms with E-state index in [-0.39, 0.29) is 11.2 Å². The molecule has 5 aromatic rings. The molecule has 5 rings (SSSR count). The fourth-order valence-corrected chi connectivity index (χ4v) is 4.92. The third-order valence-corrected chi connectivity index (χ3v) is 7.10. The summed E-state index contributed by atoms with van der Waals surface area (Å²) < 4.78 is 13.5. The largest absolute Gasteiger partial charge is 0.493 e. The molecule has 0 saturated carbocycles. The number of fused-ring (bicyclic) bond motifs is 1. The van der Waals surface area contributed by atoms with Gasteiger partial charge in [0.25, 0.3) is 5.56 Å². The molecule has 0 aliphatic carbocycles. The van der Waals surface area contributed by atoms with Gasteiger partial charge in [0.15, 0.2) is 0 Å². The number of amides is 2. The summed E-state index contributed by atoms with van der Waals surface area (Å²) >= 11 is 0. The van der Waals surface area contributed by atoms with Crippen molar-refractivity contribution < 1.29 is 14.3 Å². The maximum absolute atomic E-state index is 14.0. The fraction of sp³-hybridized carbons (Fsp3) is 0.229. The predicted molar refractivity (Wildman–Crippen MR) is 176 cm³/mol. The highest BCUT2D eigenvalue weighted by Gasteiger charge is 2.21. The van der Waals surface area contributed by atoms with Gasteiger partial charge in [0.05, 0.1) is 19.8 Å². The third kappa shape index (κ3) is 7.62. The van der Waals surface area contributed by atoms with E-state index in [4.69, 9.17) is 15.2 Å². The molecule has 3 aromatic carbocycles. The summed E-state index contributed by atoms with van der Waals surface area (Å²) in [6.45, 7) is 4.14. The SMILES string of the molecule is CCCCn1c(=O)c(NC(=O)Nc2ccc(N)cc2)c(-c2cccc(OCCCOCc3ccccc3)c2)c2cccnc21. The second-order valence-corrected chi connectivity index (χ2v) is 10.4. The van der Waals surface area contributed by atoms with Gasteiger partial charge in [-0.3, -0.25) is 9.36 Å². The molecule has 9 heteroatoms. The van der Waals surface area contributed by atoms with Gasteiger partial charge in [-0.1, -0.05) is 55.8 Å². The van der Waals surface area contributed by atoms with Gasteiger partial charge in [0.2, 0.25) is 0 Å². The number of ether oxygens (including phenoxy) is 2. The number of carbonyl (C=O) groups excluding carboxylic acids is 1. The maximum Gasteiger partial charge on any atom is 0.323 e. The molecule has 0 unspecified atom stereocenters. The number of anilines is 3. The zero-order valence-electron chi connectivity index (χ0n) is 24.8. The Kier molecular flexibility index (Phi) is 10.2. The molecule has 0 fully saturated rings. The normalized spacial score (nSPS) is 10.9. The number of unbranched alkanes of at least 4 members (excludes halogenated alkanes) is 1. The van der Waals surface area contributed by atoms with Crippen LogP contribution in [0.4, 0.5) is 21.9 Å². The summed E-state index contributed by atoms with van der Waals surface area (Å²) in [5.41, 5.74) is 9.76. The summed E-state index contributed by atoms with van der Waals surface area (Å²) in [4.78, 5) is 31.8. The van der Waals surface area contributed by atoms with Crippen molar-refractivity contribution in [2.75, 3.05) is 29.6 Å². The van der Waals surface area contributed by atoms with Crippen LogP contribution in [0.2, 0.25) is 0 Å². The number of nitrogens with one attached hydrogen (secondary N) is 2. The van der Waals surface area contributed by atoms with Gasteiger partial charge in [-0.2, -0.15) is 0 Å². The highest BCUT2D eigenvalue weighted by molar-refractivity contribution is 6.07. The Labute approximate surface area is 256 Å². The van der Waals surface area contributed by atoms with Crippen LogP contribution in [0.25, 0.3) is 22.2 Å². The zero-order valence-corrected chi connectivity index (χ0v) is 24.8. The van der Waals surface area contributed by atoms with E-state index in [2.05, 4.69) is 22.5 Å². The molecule has 226 valence electrons. The first-order valence-corrected chi connectivity index (χ1v) is 14.8. The molecule has 44 heavy (non-hydrogen) atoms. The number of urea groups is 1. The Morgan fingerprint density at radius 3 is 2.52 bits per heavy atom. The summed E-state index contributed by atoms with van der Waals surface area (Å²) in [5.74, 6) is 0.648. The molecule has 0 radical (unpaired) electrons. The minimum atomic E-state index is -0.540. The van der Waals surface area contributed by atoms with Crippen molar-refractivity contribution in [3.05, 3.63) is 113 Å². The lowest BCUT2D eigenvalue weighted by Gasteiger charge is -2.19. The van der Waals surface area contributed by atoms with E-state index in [9.17, 15) is 9.59 Å². The monoisotopic (exact) mass is 591 g/mol. The molecule has 4 N–H and O–H groups in total. The topological polar surface area (TPSA) is 121 Å². The minimum absolute atomic E-state index is 0.168. The molecule has 2 amide bonds. The molecule has 2 heterocycles. The number of hydrogen-bond donors (Lipinski definition) is 3. The molecule has 0 aliphatic heterocycles. The van der Waals surface area contributed by atoms with Gasteiger partial charge in [-0.25, -0.2) is 9.78 Å². The van der Waals surface area contributed by atoms with Crippen LogP contribution in [-0.2, 0) is 17.9 Å². The van der Waals surface area contributed by atoms with Gasteiger partial charge >= 0.3 is 6.03 Å². The Bertz CT molecular complexity index is 1750. The van der Waals surface area contributed by atoms with Gasteiger partial charge in [-0.15, -0.1) is 0 Å². The lowest BCUT2D eigenvalue weighted by atomic mass is 10.00. The second kappa shape index (κ2) is 14.8. The average Bonchev–Trinajstić information content (AvgIpc) is 3.04. The van der Waals surface area contributed by atoms with E-state index in [1.165, 1.54) is 0 Å². The van der Waals surface area contributed by atoms with Crippen LogP contribution < -0.4 is 26.7 Å². The number of aryl methyl sites for hydroxylation is 1. The summed E-state index contributed by atoms with van der Waals surface area (Å²) in [6.07, 6.45) is 4.09. The first-order valence-electron chi connectivity index (χ1n) is 14.8. The lowest BCUT2D eigenvalue weighted by Crippen LogP contribution is -2.30. The first-order chi connectivity index (χ1) is 21.5. The Balaban J connectivity index is 1.41. The summed E-state index contributed by atoms with van der Waals surface area (Å²) in [5, 5.41) is 6.39. The van der Waals surface area contributed by atoms with E-state index < -0.39 is 6.03 Å². The predicted octanol–water partition coefficient (Wildman–Crippen LogP) is 7.08. The molecular weight excluding hydrogens is 554 g/mol. The number of nitrogens with two attached hydrogens (primary N) is 1. The quantitative estimate of drug-likeness (QED) is 0.0994. The number of nitrogen functional groups attached to an aromatic ring is 1. The van der Waals surface area contributed by atoms with E-state index in [1.54, 1.807) is 35.0 Å². The Morgan fingerprint density at radius 1 is 0.909 bits per heavy atom. The molecule has 0 saturated heterocycles. The number of pyridine rings is 2. The standard InChI is InChI=1S/C35H37N5O4/c1-2-3-20-40-33-30(14-8-19-37-33)31(32(34(40)41)39-35(42)38-28-17-15-27(36)16-18-28)26-12-7-13-29(23-26)44-22-9-21-43-24-25-10-5-4-6-11-25/h4-8,10-19,23H,2-3,9,20-22,24,36H2,1H3,(H2,38,39,42). The number of nitrogens with zero attached hydrogens (tertiary/aromatic N) is 2. The van der Waals surface area contributed by atoms with Crippen molar-refractivity contribution in [3.63, 3.8) is 0 Å². The number of rotatable bonds is 13. The smallest absolute Gasteiger partial charge is 0.323 e. The van der Waals surface area contributed by atoms with Crippen LogP contribution in [0.1, 0.15) is 31.7 Å². The van der Waals surface area contributed by atoms with E-state index in [1.807, 2.05) is 66.7 Å². The fourth-order valence-electron chi connectivity index (χ4n) is 4.92. The third-order valence-electron chi connectivity index (χ3n) is 7.10. The van der Waals surface area contributed by atoms with Crippen LogP contribution in [0, 0.1) is 0 Å². The summed E-state index contributed by atoms with van der Waals surface area (Å²) in [7, 11) is 0. The van der Waals surface area contributed by atoms with Gasteiger partial charge in [0.1, 0.15) is 17.1 Å². The van der Waals surface area contributed by atoms with Crippen molar-refractivity contribution in [2.45, 2.75) is 39.3 Å². The number of aromatic nitrogens is 2. The molecule has 0 spiro atoms. The zero-order chi connectivity index (χ0) is 30.7. The first kappa shape index (κ1) is 30.3. The van der Waals surface area contributed by atoms with Crippen LogP contribution >= 0.6 is 0 Å². The highest BCUT2D eigenvalue weighted by Crippen LogP contribution is 2.35. The average molecular weight is 592 g/mol. The van der Waals surface area contributed by atoms with Crippen LogP contribution in [-0.4, -0.2) is 28.8 Å². The van der Waals surface area contributed by atoms with Crippen molar-refractivity contribution in [2.24, 2.45) is 0 Å². The van der Waals surface area contributed by atoms with Crippen molar-refractivity contribution >= 4 is 34.1 Å². The maximum atomic E-state index is 14.0. The van der Waals surface area contributed by atoms with Crippen LogP contribution in [0.3, 0.4) is 0 Å². The van der Waals surface area contributed by atoms with E-state index >= 15 is 0 Å².